The summed E-state index contributed by atoms with van der Waals surface area (Å²) >= 11 is 0. The quantitative estimate of drug-likeness (QED) is 0.0320. The Labute approximate surface area is 571 Å². The van der Waals surface area contributed by atoms with E-state index in [9.17, 15) is 19.8 Å². The molecule has 0 rings (SSSR count). The Bertz CT molecular complexity index is 1380. The van der Waals surface area contributed by atoms with Crippen molar-refractivity contribution in [3.05, 3.63) is 12.2 Å². The topological polar surface area (TPSA) is 95.9 Å². The minimum atomic E-state index is -0.842. The van der Waals surface area contributed by atoms with Crippen LogP contribution in [0, 0.1) is 0 Å². The summed E-state index contributed by atoms with van der Waals surface area (Å²) in [5.41, 5.74) is 0. The molecule has 0 aromatic rings. The van der Waals surface area contributed by atoms with E-state index < -0.39 is 12.1 Å². The summed E-state index contributed by atoms with van der Waals surface area (Å²) in [6.07, 6.45) is 104. The molecule has 3 N–H and O–H groups in total. The number of allylic oxidation sites excluding steroid dienone is 1. The maximum Gasteiger partial charge on any atom is 0.305 e. The van der Waals surface area contributed by atoms with E-state index in [2.05, 4.69) is 19.2 Å². The van der Waals surface area contributed by atoms with E-state index in [0.29, 0.717) is 19.4 Å². The van der Waals surface area contributed by atoms with Crippen molar-refractivity contribution in [2.45, 2.75) is 508 Å². The Balaban J connectivity index is 3.33. The minimum absolute atomic E-state index is 0.0267. The van der Waals surface area contributed by atoms with Crippen molar-refractivity contribution in [3.63, 3.8) is 0 Å². The molecule has 0 aliphatic heterocycles. The van der Waals surface area contributed by atoms with Gasteiger partial charge in [-0.2, -0.15) is 0 Å². The molecular formula is C85H167NO5. The molecule has 0 heterocycles. The van der Waals surface area contributed by atoms with Crippen LogP contribution in [0.1, 0.15) is 495 Å². The van der Waals surface area contributed by atoms with Gasteiger partial charge in [-0.25, -0.2) is 0 Å². The first-order chi connectivity index (χ1) is 45.0. The van der Waals surface area contributed by atoms with Gasteiger partial charge in [0.1, 0.15) is 0 Å². The number of ether oxygens (including phenoxy) is 1. The van der Waals surface area contributed by atoms with Gasteiger partial charge in [0.15, 0.2) is 0 Å². The summed E-state index contributed by atoms with van der Waals surface area (Å²) in [5.74, 6) is -0.0299. The van der Waals surface area contributed by atoms with Gasteiger partial charge in [-0.15, -0.1) is 0 Å². The van der Waals surface area contributed by atoms with Crippen LogP contribution >= 0.6 is 0 Å². The molecule has 0 saturated carbocycles. The van der Waals surface area contributed by atoms with Crippen LogP contribution in [0.5, 0.6) is 0 Å². The van der Waals surface area contributed by atoms with Crippen LogP contribution < -0.4 is 5.32 Å². The lowest BCUT2D eigenvalue weighted by molar-refractivity contribution is -0.143. The number of unbranched alkanes of at least 4 members (excludes halogenated alkanes) is 70. The first-order valence-electron chi connectivity index (χ1n) is 42.5. The number of amides is 1. The van der Waals surface area contributed by atoms with E-state index in [4.69, 9.17) is 4.74 Å². The van der Waals surface area contributed by atoms with Gasteiger partial charge in [-0.3, -0.25) is 9.59 Å². The van der Waals surface area contributed by atoms with Gasteiger partial charge in [0.2, 0.25) is 5.91 Å². The molecule has 2 unspecified atom stereocenters. The molecule has 0 bridgehead atoms. The van der Waals surface area contributed by atoms with E-state index >= 15 is 0 Å². The molecule has 0 radical (unpaired) electrons. The van der Waals surface area contributed by atoms with Crippen LogP contribution in [0.3, 0.4) is 0 Å². The molecular weight excluding hydrogens is 1110 g/mol. The highest BCUT2D eigenvalue weighted by Gasteiger charge is 2.18. The molecule has 1 amide bonds. The molecule has 542 valence electrons. The summed E-state index contributed by atoms with van der Waals surface area (Å²) in [4.78, 5) is 24.7. The molecule has 6 heteroatoms. The van der Waals surface area contributed by atoms with Gasteiger partial charge < -0.3 is 20.3 Å². The van der Waals surface area contributed by atoms with Crippen LogP contribution in [-0.4, -0.2) is 47.4 Å². The molecule has 0 aliphatic carbocycles. The van der Waals surface area contributed by atoms with Gasteiger partial charge in [0, 0.05) is 12.8 Å². The molecule has 0 saturated heterocycles. The largest absolute Gasteiger partial charge is 0.466 e. The number of rotatable bonds is 81. The normalized spacial score (nSPS) is 12.4. The van der Waals surface area contributed by atoms with Crippen LogP contribution in [-0.2, 0) is 14.3 Å². The number of hydrogen-bond acceptors (Lipinski definition) is 5. The molecule has 0 aliphatic rings. The summed E-state index contributed by atoms with van der Waals surface area (Å²) in [7, 11) is 0. The second kappa shape index (κ2) is 81.0. The predicted octanol–water partition coefficient (Wildman–Crippen LogP) is 28.2. The van der Waals surface area contributed by atoms with Gasteiger partial charge in [-0.1, -0.05) is 463 Å². The van der Waals surface area contributed by atoms with Crippen LogP contribution in [0.25, 0.3) is 0 Å². The zero-order valence-corrected chi connectivity index (χ0v) is 62.4. The van der Waals surface area contributed by atoms with E-state index in [-0.39, 0.29) is 18.5 Å². The smallest absolute Gasteiger partial charge is 0.305 e. The molecule has 0 aromatic heterocycles. The monoisotopic (exact) mass is 1280 g/mol. The first kappa shape index (κ1) is 89.6. The van der Waals surface area contributed by atoms with Gasteiger partial charge in [0.05, 0.1) is 25.4 Å². The van der Waals surface area contributed by atoms with Gasteiger partial charge in [0.25, 0.3) is 0 Å². The standard InChI is InChI=1S/C85H167NO5/c1-3-5-7-9-11-13-15-17-19-20-21-22-23-37-40-43-46-50-53-57-61-65-69-73-77-83(88)82(81-87)86-84(89)78-74-70-66-62-58-54-51-47-44-41-38-35-33-31-29-27-25-24-26-28-30-32-34-36-39-42-45-48-52-56-60-64-68-72-76-80-91-85(90)79-75-71-67-63-59-55-49-18-16-14-12-10-8-6-4-2/h73,77,82-83,87-88H,3-72,74-76,78-81H2,1-2H3,(H,86,89)/b77-73+. The molecule has 2 atom stereocenters. The Morgan fingerprint density at radius 3 is 0.747 bits per heavy atom. The fraction of sp³-hybridized carbons (Fsp3) is 0.953. The Morgan fingerprint density at radius 2 is 0.505 bits per heavy atom. The number of carbonyl (C=O) groups excluding carboxylic acids is 2. The van der Waals surface area contributed by atoms with E-state index in [1.165, 1.54) is 430 Å². The highest BCUT2D eigenvalue weighted by molar-refractivity contribution is 5.76. The zero-order chi connectivity index (χ0) is 65.6. The lowest BCUT2D eigenvalue weighted by atomic mass is 10.0. The Hall–Kier alpha value is -1.40. The molecule has 0 aromatic carbocycles. The van der Waals surface area contributed by atoms with Crippen LogP contribution in [0.4, 0.5) is 0 Å². The van der Waals surface area contributed by atoms with Crippen molar-refractivity contribution in [2.75, 3.05) is 13.2 Å². The second-order valence-corrected chi connectivity index (χ2v) is 29.5. The molecule has 91 heavy (non-hydrogen) atoms. The summed E-state index contributed by atoms with van der Waals surface area (Å²) in [6.45, 7) is 4.97. The Kier molecular flexibility index (Phi) is 79.8. The molecule has 0 spiro atoms. The fourth-order valence-corrected chi connectivity index (χ4v) is 13.9. The van der Waals surface area contributed by atoms with E-state index in [1.807, 2.05) is 6.08 Å². The number of aliphatic hydroxyl groups excluding tert-OH is 2. The number of esters is 1. The van der Waals surface area contributed by atoms with Crippen molar-refractivity contribution in [3.8, 4) is 0 Å². The van der Waals surface area contributed by atoms with Crippen molar-refractivity contribution in [1.29, 1.82) is 0 Å². The van der Waals surface area contributed by atoms with Gasteiger partial charge in [-0.05, 0) is 32.1 Å². The number of aliphatic hydroxyl groups is 2. The molecule has 0 fully saturated rings. The highest BCUT2D eigenvalue weighted by Crippen LogP contribution is 2.21. The maximum absolute atomic E-state index is 12.6. The minimum Gasteiger partial charge on any atom is -0.466 e. The van der Waals surface area contributed by atoms with Crippen molar-refractivity contribution in [1.82, 2.24) is 5.32 Å². The van der Waals surface area contributed by atoms with E-state index in [1.54, 1.807) is 6.08 Å². The van der Waals surface area contributed by atoms with Crippen molar-refractivity contribution in [2.24, 2.45) is 0 Å². The lowest BCUT2D eigenvalue weighted by Crippen LogP contribution is -2.45. The van der Waals surface area contributed by atoms with Gasteiger partial charge >= 0.3 is 5.97 Å². The lowest BCUT2D eigenvalue weighted by Gasteiger charge is -2.20. The average Bonchev–Trinajstić information content (AvgIpc) is 3.67. The van der Waals surface area contributed by atoms with Crippen molar-refractivity contribution >= 4 is 11.9 Å². The number of hydrogen-bond donors (Lipinski definition) is 3. The third kappa shape index (κ3) is 77.5. The first-order valence-corrected chi connectivity index (χ1v) is 42.5. The van der Waals surface area contributed by atoms with Crippen LogP contribution in [0.2, 0.25) is 0 Å². The van der Waals surface area contributed by atoms with Crippen molar-refractivity contribution < 1.29 is 24.5 Å². The third-order valence-electron chi connectivity index (χ3n) is 20.3. The second-order valence-electron chi connectivity index (χ2n) is 29.5. The zero-order valence-electron chi connectivity index (χ0n) is 62.4. The number of carbonyl (C=O) groups is 2. The molecule has 6 nitrogen and oxygen atoms in total. The maximum atomic E-state index is 12.6. The predicted molar refractivity (Wildman–Crippen MR) is 403 cm³/mol. The Morgan fingerprint density at radius 1 is 0.297 bits per heavy atom. The summed E-state index contributed by atoms with van der Waals surface area (Å²) in [6, 6.07) is -0.625. The third-order valence-corrected chi connectivity index (χ3v) is 20.3. The summed E-state index contributed by atoms with van der Waals surface area (Å²) in [5, 5.41) is 23.3. The fourth-order valence-electron chi connectivity index (χ4n) is 13.9. The number of nitrogens with one attached hydrogen (secondary N) is 1. The average molecular weight is 1280 g/mol. The summed E-state index contributed by atoms with van der Waals surface area (Å²) < 4.78 is 5.51. The van der Waals surface area contributed by atoms with E-state index in [0.717, 1.165) is 38.5 Å². The SMILES string of the molecule is CCCCCCCCCCCCCCCCCCCCCCCC/C=C/C(O)C(CO)NC(=O)CCCCCCCCCCCCCCCCCCCCCCCCCCCCCCCCCCCCCOC(=O)CCCCCCCCCCCCCCCCC. The highest BCUT2D eigenvalue weighted by atomic mass is 16.5. The van der Waals surface area contributed by atoms with Crippen LogP contribution in [0.15, 0.2) is 12.2 Å².